The fraction of sp³-hybridized carbons (Fsp3) is 0.429. The quantitative estimate of drug-likeness (QED) is 0.514. The molecule has 5 heteroatoms. The minimum atomic E-state index is -2.59. The Hall–Kier alpha value is -2.34. The number of hydrogen-bond acceptors (Lipinski definition) is 4. The van der Waals surface area contributed by atoms with Crippen LogP contribution in [0, 0.1) is 5.92 Å². The molecule has 1 aliphatic carbocycles. The Balaban J connectivity index is 1.63. The highest BCUT2D eigenvalue weighted by molar-refractivity contribution is 6.99. The molecule has 0 unspecified atom stereocenters. The van der Waals surface area contributed by atoms with E-state index in [9.17, 15) is 5.11 Å². The van der Waals surface area contributed by atoms with Crippen molar-refractivity contribution in [1.29, 1.82) is 0 Å². The van der Waals surface area contributed by atoms with Crippen LogP contribution < -0.4 is 10.4 Å². The summed E-state index contributed by atoms with van der Waals surface area (Å²) in [4.78, 5) is 9.55. The molecule has 0 atom stereocenters. The highest BCUT2D eigenvalue weighted by Gasteiger charge is 2.50. The summed E-state index contributed by atoms with van der Waals surface area (Å²) in [5.41, 5.74) is 0.942. The topological polar surface area (TPSA) is 55.2 Å². The number of aromatic nitrogens is 2. The van der Waals surface area contributed by atoms with E-state index in [0.29, 0.717) is 25.0 Å². The molecule has 0 saturated heterocycles. The Morgan fingerprint density at radius 2 is 1.45 bits per heavy atom. The zero-order chi connectivity index (χ0) is 23.3. The highest BCUT2D eigenvalue weighted by Crippen LogP contribution is 2.37. The molecule has 0 radical (unpaired) electrons. The SMILES string of the molecule is CC(C)(C)[Si](OCc1ccnc(C2CCC(CO)CC2)n1)(c1ccccc1)c1ccccc1. The smallest absolute Gasteiger partial charge is 0.261 e. The van der Waals surface area contributed by atoms with E-state index in [1.54, 1.807) is 0 Å². The monoisotopic (exact) mass is 460 g/mol. The first-order chi connectivity index (χ1) is 15.9. The standard InChI is InChI=1S/C28H36N2O2Si/c1-28(2,3)33(25-10-6-4-7-11-25,26-12-8-5-9-13-26)32-21-24-18-19-29-27(30-24)23-16-14-22(20-31)15-17-23/h4-13,18-19,22-23,31H,14-17,20-21H2,1-3H3. The Kier molecular flexibility index (Phi) is 7.42. The third kappa shape index (κ3) is 5.11. The van der Waals surface area contributed by atoms with Gasteiger partial charge in [-0.05, 0) is 53.1 Å². The van der Waals surface area contributed by atoms with Crippen molar-refractivity contribution in [3.8, 4) is 0 Å². The van der Waals surface area contributed by atoms with Crippen LogP contribution in [0.15, 0.2) is 72.9 Å². The van der Waals surface area contributed by atoms with Gasteiger partial charge in [0, 0.05) is 18.7 Å². The molecule has 0 aliphatic heterocycles. The first-order valence-corrected chi connectivity index (χ1v) is 14.0. The van der Waals surface area contributed by atoms with Crippen molar-refractivity contribution in [1.82, 2.24) is 9.97 Å². The lowest BCUT2D eigenvalue weighted by Gasteiger charge is -2.43. The van der Waals surface area contributed by atoms with E-state index in [0.717, 1.165) is 37.2 Å². The molecule has 0 spiro atoms. The predicted molar refractivity (Wildman–Crippen MR) is 136 cm³/mol. The molecule has 1 heterocycles. The third-order valence-corrected chi connectivity index (χ3v) is 12.0. The fourth-order valence-electron chi connectivity index (χ4n) is 5.24. The van der Waals surface area contributed by atoms with Crippen molar-refractivity contribution >= 4 is 18.7 Å². The number of benzene rings is 2. The summed E-state index contributed by atoms with van der Waals surface area (Å²) in [5, 5.41) is 11.9. The maximum Gasteiger partial charge on any atom is 0.261 e. The number of hydrogen-bond donors (Lipinski definition) is 1. The zero-order valence-corrected chi connectivity index (χ0v) is 21.1. The second-order valence-corrected chi connectivity index (χ2v) is 14.6. The van der Waals surface area contributed by atoms with Gasteiger partial charge in [0.25, 0.3) is 8.32 Å². The van der Waals surface area contributed by atoms with Crippen molar-refractivity contribution in [3.05, 3.63) is 84.4 Å². The van der Waals surface area contributed by atoms with Gasteiger partial charge in [0.15, 0.2) is 0 Å². The van der Waals surface area contributed by atoms with Gasteiger partial charge in [-0.15, -0.1) is 0 Å². The number of nitrogens with zero attached hydrogens (tertiary/aromatic N) is 2. The molecule has 174 valence electrons. The van der Waals surface area contributed by atoms with E-state index in [-0.39, 0.29) is 5.04 Å². The summed E-state index contributed by atoms with van der Waals surface area (Å²) in [6.07, 6.45) is 6.07. The first kappa shape index (κ1) is 23.8. The van der Waals surface area contributed by atoms with E-state index in [4.69, 9.17) is 9.41 Å². The molecule has 1 N–H and O–H groups in total. The molecule has 1 fully saturated rings. The molecule has 33 heavy (non-hydrogen) atoms. The Bertz CT molecular complexity index is 973. The summed E-state index contributed by atoms with van der Waals surface area (Å²) in [7, 11) is -2.59. The minimum absolute atomic E-state index is 0.0613. The average Bonchev–Trinajstić information content (AvgIpc) is 2.85. The molecular formula is C28H36N2O2Si. The normalized spacial score (nSPS) is 19.4. The van der Waals surface area contributed by atoms with Crippen molar-refractivity contribution in [2.75, 3.05) is 6.61 Å². The highest BCUT2D eigenvalue weighted by atomic mass is 28.4. The van der Waals surface area contributed by atoms with Crippen LogP contribution in [0.5, 0.6) is 0 Å². The lowest BCUT2D eigenvalue weighted by Crippen LogP contribution is -2.66. The molecular weight excluding hydrogens is 424 g/mol. The third-order valence-electron chi connectivity index (χ3n) is 7.06. The van der Waals surface area contributed by atoms with Crippen LogP contribution >= 0.6 is 0 Å². The van der Waals surface area contributed by atoms with Gasteiger partial charge in [0.05, 0.1) is 12.3 Å². The van der Waals surface area contributed by atoms with Crippen molar-refractivity contribution in [2.24, 2.45) is 5.92 Å². The zero-order valence-electron chi connectivity index (χ0n) is 20.1. The fourth-order valence-corrected chi connectivity index (χ4v) is 9.76. The Morgan fingerprint density at radius 3 is 1.97 bits per heavy atom. The molecule has 1 aliphatic rings. The van der Waals surface area contributed by atoms with Crippen LogP contribution in [0.2, 0.25) is 5.04 Å². The molecule has 4 nitrogen and oxygen atoms in total. The van der Waals surface area contributed by atoms with Crippen LogP contribution in [0.4, 0.5) is 0 Å². The molecule has 4 rings (SSSR count). The van der Waals surface area contributed by atoms with E-state index < -0.39 is 8.32 Å². The maximum absolute atomic E-state index is 9.45. The van der Waals surface area contributed by atoms with Crippen LogP contribution in [0.1, 0.15) is 63.9 Å². The molecule has 3 aromatic rings. The van der Waals surface area contributed by atoms with Gasteiger partial charge >= 0.3 is 0 Å². The van der Waals surface area contributed by atoms with Gasteiger partial charge in [0.1, 0.15) is 5.82 Å². The minimum Gasteiger partial charge on any atom is -0.401 e. The predicted octanol–water partition coefficient (Wildman–Crippen LogP) is 4.82. The van der Waals surface area contributed by atoms with Gasteiger partial charge < -0.3 is 9.53 Å². The van der Waals surface area contributed by atoms with Crippen molar-refractivity contribution in [2.45, 2.75) is 64.0 Å². The summed E-state index contributed by atoms with van der Waals surface area (Å²) in [6.45, 7) is 7.65. The number of aliphatic hydroxyl groups is 1. The van der Waals surface area contributed by atoms with E-state index >= 15 is 0 Å². The summed E-state index contributed by atoms with van der Waals surface area (Å²) >= 11 is 0. The maximum atomic E-state index is 9.45. The van der Waals surface area contributed by atoms with Crippen LogP contribution in [0.25, 0.3) is 0 Å². The van der Waals surface area contributed by atoms with Crippen molar-refractivity contribution < 1.29 is 9.53 Å². The lowest BCUT2D eigenvalue weighted by atomic mass is 9.82. The second-order valence-electron chi connectivity index (χ2n) is 10.3. The summed E-state index contributed by atoms with van der Waals surface area (Å²) in [5.74, 6) is 1.73. The largest absolute Gasteiger partial charge is 0.401 e. The van der Waals surface area contributed by atoms with Crippen molar-refractivity contribution in [3.63, 3.8) is 0 Å². The summed E-state index contributed by atoms with van der Waals surface area (Å²) < 4.78 is 7.04. The molecule has 2 aromatic carbocycles. The van der Waals surface area contributed by atoms with Gasteiger partial charge in [0.2, 0.25) is 0 Å². The van der Waals surface area contributed by atoms with Gasteiger partial charge in [-0.25, -0.2) is 9.97 Å². The second kappa shape index (κ2) is 10.3. The van der Waals surface area contributed by atoms with Crippen LogP contribution in [-0.4, -0.2) is 30.0 Å². The molecule has 0 amide bonds. The summed E-state index contributed by atoms with van der Waals surface area (Å²) in [6, 6.07) is 23.4. The first-order valence-electron chi connectivity index (χ1n) is 12.1. The van der Waals surface area contributed by atoms with E-state index in [2.05, 4.69) is 86.4 Å². The van der Waals surface area contributed by atoms with Gasteiger partial charge in [-0.2, -0.15) is 0 Å². The number of aliphatic hydroxyl groups excluding tert-OH is 1. The van der Waals surface area contributed by atoms with E-state index in [1.807, 2.05) is 12.3 Å². The van der Waals surface area contributed by atoms with Crippen LogP contribution in [-0.2, 0) is 11.0 Å². The number of rotatable bonds is 7. The van der Waals surface area contributed by atoms with Gasteiger partial charge in [-0.1, -0.05) is 81.4 Å². The Morgan fingerprint density at radius 1 is 0.879 bits per heavy atom. The lowest BCUT2D eigenvalue weighted by molar-refractivity contribution is 0.181. The molecule has 1 aromatic heterocycles. The van der Waals surface area contributed by atoms with E-state index in [1.165, 1.54) is 10.4 Å². The average molecular weight is 461 g/mol. The van der Waals surface area contributed by atoms with Gasteiger partial charge in [-0.3, -0.25) is 0 Å². The molecule has 1 saturated carbocycles. The Labute approximate surface area is 199 Å². The molecule has 0 bridgehead atoms. The van der Waals surface area contributed by atoms with Crippen LogP contribution in [0.3, 0.4) is 0 Å².